The number of rotatable bonds is 4. The predicted octanol–water partition coefficient (Wildman–Crippen LogP) is 3.47. The first-order valence-electron chi connectivity index (χ1n) is 7.76. The third-order valence-corrected chi connectivity index (χ3v) is 4.35. The topological polar surface area (TPSA) is 46.3 Å². The van der Waals surface area contributed by atoms with Crippen molar-refractivity contribution in [2.75, 3.05) is 11.9 Å². The maximum atomic E-state index is 12.4. The quantitative estimate of drug-likeness (QED) is 0.855. The van der Waals surface area contributed by atoms with Gasteiger partial charge in [0.2, 0.25) is 5.91 Å². The summed E-state index contributed by atoms with van der Waals surface area (Å²) >= 11 is 0. The van der Waals surface area contributed by atoms with Crippen molar-refractivity contribution >= 4 is 11.6 Å². The van der Waals surface area contributed by atoms with Gasteiger partial charge in [-0.15, -0.1) is 0 Å². The number of carbonyl (C=O) groups excluding carboxylic acids is 1. The van der Waals surface area contributed by atoms with Gasteiger partial charge in [-0.2, -0.15) is 0 Å². The molecule has 3 nitrogen and oxygen atoms in total. The van der Waals surface area contributed by atoms with Crippen LogP contribution in [0.15, 0.2) is 24.3 Å². The number of hydrogen-bond donors (Lipinski definition) is 1. The summed E-state index contributed by atoms with van der Waals surface area (Å²) in [5, 5.41) is 0. The van der Waals surface area contributed by atoms with Gasteiger partial charge in [0.05, 0.1) is 0 Å². The number of nitrogens with zero attached hydrogens (tertiary/aromatic N) is 1. The van der Waals surface area contributed by atoms with Gasteiger partial charge in [-0.1, -0.05) is 37.8 Å². The van der Waals surface area contributed by atoms with Crippen LogP contribution in [0.3, 0.4) is 0 Å². The van der Waals surface area contributed by atoms with Crippen LogP contribution in [-0.4, -0.2) is 13.0 Å². The maximum absolute atomic E-state index is 12.4. The molecule has 2 N–H and O–H groups in total. The maximum Gasteiger partial charge on any atom is 0.226 e. The van der Waals surface area contributed by atoms with E-state index in [1.54, 1.807) is 4.90 Å². The summed E-state index contributed by atoms with van der Waals surface area (Å²) in [4.78, 5) is 14.2. The van der Waals surface area contributed by atoms with Crippen molar-refractivity contribution in [3.8, 4) is 0 Å². The highest BCUT2D eigenvalue weighted by molar-refractivity contribution is 5.93. The lowest BCUT2D eigenvalue weighted by atomic mass is 9.96. The normalized spacial score (nSPS) is 16.7. The zero-order valence-corrected chi connectivity index (χ0v) is 12.5. The highest BCUT2D eigenvalue weighted by Crippen LogP contribution is 2.26. The van der Waals surface area contributed by atoms with Gasteiger partial charge >= 0.3 is 0 Å². The van der Waals surface area contributed by atoms with E-state index < -0.39 is 0 Å². The Hall–Kier alpha value is -1.35. The molecule has 0 spiro atoms. The molecule has 3 heteroatoms. The zero-order valence-electron chi connectivity index (χ0n) is 12.5. The summed E-state index contributed by atoms with van der Waals surface area (Å²) in [7, 11) is 1.87. The van der Waals surface area contributed by atoms with Crippen molar-refractivity contribution in [3.63, 3.8) is 0 Å². The summed E-state index contributed by atoms with van der Waals surface area (Å²) in [6.45, 7) is 0.512. The summed E-state index contributed by atoms with van der Waals surface area (Å²) in [5.74, 6) is 0.802. The Morgan fingerprint density at radius 3 is 2.60 bits per heavy atom. The van der Waals surface area contributed by atoms with Crippen LogP contribution < -0.4 is 10.6 Å². The number of hydrogen-bond acceptors (Lipinski definition) is 2. The van der Waals surface area contributed by atoms with E-state index in [0.717, 1.165) is 11.3 Å². The molecule has 20 heavy (non-hydrogen) atoms. The van der Waals surface area contributed by atoms with Crippen LogP contribution in [0.5, 0.6) is 0 Å². The number of amides is 1. The molecule has 0 heterocycles. The number of benzene rings is 1. The molecule has 0 radical (unpaired) electrons. The fraction of sp³-hybridized carbons (Fsp3) is 0.588. The minimum Gasteiger partial charge on any atom is -0.326 e. The van der Waals surface area contributed by atoms with Crippen molar-refractivity contribution in [2.45, 2.75) is 51.5 Å². The predicted molar refractivity (Wildman–Crippen MR) is 83.6 cm³/mol. The molecule has 110 valence electrons. The van der Waals surface area contributed by atoms with E-state index in [0.29, 0.717) is 18.9 Å². The monoisotopic (exact) mass is 274 g/mol. The molecule has 1 fully saturated rings. The molecule has 1 aromatic carbocycles. The van der Waals surface area contributed by atoms with Crippen LogP contribution in [-0.2, 0) is 11.3 Å². The first-order chi connectivity index (χ1) is 9.70. The van der Waals surface area contributed by atoms with Crippen LogP contribution >= 0.6 is 0 Å². The SMILES string of the molecule is CN(C(=O)CC1CCCCCC1)c1cccc(CN)c1. The summed E-state index contributed by atoms with van der Waals surface area (Å²) in [6, 6.07) is 7.94. The fourth-order valence-electron chi connectivity index (χ4n) is 2.99. The van der Waals surface area contributed by atoms with Crippen molar-refractivity contribution in [3.05, 3.63) is 29.8 Å². The molecule has 0 atom stereocenters. The van der Waals surface area contributed by atoms with Gasteiger partial charge in [0.25, 0.3) is 0 Å². The van der Waals surface area contributed by atoms with Crippen LogP contribution in [0.4, 0.5) is 5.69 Å². The van der Waals surface area contributed by atoms with E-state index in [4.69, 9.17) is 5.73 Å². The summed E-state index contributed by atoms with van der Waals surface area (Å²) in [5.41, 5.74) is 7.68. The second-order valence-electron chi connectivity index (χ2n) is 5.89. The van der Waals surface area contributed by atoms with Crippen LogP contribution in [0, 0.1) is 5.92 Å². The van der Waals surface area contributed by atoms with Gasteiger partial charge in [0.1, 0.15) is 0 Å². The van der Waals surface area contributed by atoms with Crippen molar-refractivity contribution in [1.82, 2.24) is 0 Å². The average Bonchev–Trinajstić information content (AvgIpc) is 2.75. The van der Waals surface area contributed by atoms with Gasteiger partial charge in [-0.3, -0.25) is 4.79 Å². The lowest BCUT2D eigenvalue weighted by molar-refractivity contribution is -0.119. The third kappa shape index (κ3) is 4.07. The molecule has 1 aliphatic rings. The molecule has 1 aromatic rings. The average molecular weight is 274 g/mol. The van der Waals surface area contributed by atoms with Crippen molar-refractivity contribution in [2.24, 2.45) is 11.7 Å². The molecule has 0 aromatic heterocycles. The molecular formula is C17H26N2O. The van der Waals surface area contributed by atoms with Crippen LogP contribution in [0.2, 0.25) is 0 Å². The van der Waals surface area contributed by atoms with Crippen LogP contribution in [0.25, 0.3) is 0 Å². The Morgan fingerprint density at radius 1 is 1.25 bits per heavy atom. The minimum absolute atomic E-state index is 0.228. The van der Waals surface area contributed by atoms with Gasteiger partial charge in [0, 0.05) is 25.7 Å². The van der Waals surface area contributed by atoms with Gasteiger partial charge in [0.15, 0.2) is 0 Å². The smallest absolute Gasteiger partial charge is 0.226 e. The molecule has 1 saturated carbocycles. The van der Waals surface area contributed by atoms with Crippen molar-refractivity contribution in [1.29, 1.82) is 0 Å². The highest BCUT2D eigenvalue weighted by Gasteiger charge is 2.19. The molecular weight excluding hydrogens is 248 g/mol. The molecule has 1 amide bonds. The van der Waals surface area contributed by atoms with E-state index >= 15 is 0 Å². The van der Waals surface area contributed by atoms with E-state index in [1.807, 2.05) is 31.3 Å². The van der Waals surface area contributed by atoms with Gasteiger partial charge in [-0.25, -0.2) is 0 Å². The number of carbonyl (C=O) groups is 1. The largest absolute Gasteiger partial charge is 0.326 e. The van der Waals surface area contributed by atoms with E-state index in [-0.39, 0.29) is 5.91 Å². The number of anilines is 1. The molecule has 0 unspecified atom stereocenters. The summed E-state index contributed by atoms with van der Waals surface area (Å²) in [6.07, 6.45) is 8.33. The van der Waals surface area contributed by atoms with Crippen molar-refractivity contribution < 1.29 is 4.79 Å². The Morgan fingerprint density at radius 2 is 1.95 bits per heavy atom. The molecule has 0 saturated heterocycles. The molecule has 2 rings (SSSR count). The fourth-order valence-corrected chi connectivity index (χ4v) is 2.99. The Bertz CT molecular complexity index is 436. The highest BCUT2D eigenvalue weighted by atomic mass is 16.2. The van der Waals surface area contributed by atoms with Gasteiger partial charge < -0.3 is 10.6 Å². The van der Waals surface area contributed by atoms with E-state index in [1.165, 1.54) is 38.5 Å². The molecule has 0 aliphatic heterocycles. The first-order valence-corrected chi connectivity index (χ1v) is 7.76. The first kappa shape index (κ1) is 15.0. The second kappa shape index (κ2) is 7.44. The molecule has 0 bridgehead atoms. The van der Waals surface area contributed by atoms with Crippen LogP contribution in [0.1, 0.15) is 50.5 Å². The lowest BCUT2D eigenvalue weighted by Gasteiger charge is -2.21. The second-order valence-corrected chi connectivity index (χ2v) is 5.89. The standard InChI is InChI=1S/C17H26N2O/c1-19(16-10-6-9-15(11-16)13-18)17(20)12-14-7-4-2-3-5-8-14/h6,9-11,14H,2-5,7-8,12-13,18H2,1H3. The van der Waals surface area contributed by atoms with Gasteiger partial charge in [-0.05, 0) is 36.5 Å². The lowest BCUT2D eigenvalue weighted by Crippen LogP contribution is -2.28. The Balaban J connectivity index is 1.96. The molecule has 1 aliphatic carbocycles. The third-order valence-electron chi connectivity index (χ3n) is 4.35. The van der Waals surface area contributed by atoms with E-state index in [9.17, 15) is 4.79 Å². The summed E-state index contributed by atoms with van der Waals surface area (Å²) < 4.78 is 0. The minimum atomic E-state index is 0.228. The van der Waals surface area contributed by atoms with E-state index in [2.05, 4.69) is 0 Å². The Labute approximate surface area is 122 Å². The zero-order chi connectivity index (χ0) is 14.4. The number of nitrogens with two attached hydrogens (primary N) is 1. The Kier molecular flexibility index (Phi) is 5.60.